The number of carbonyl (C=O) groups is 2. The molecule has 18 nitrogen and oxygen atoms in total. The molecule has 2 aromatic carbocycles. The van der Waals surface area contributed by atoms with Crippen molar-refractivity contribution in [1.82, 2.24) is 43.0 Å². The summed E-state index contributed by atoms with van der Waals surface area (Å²) in [5.74, 6) is 1.89. The summed E-state index contributed by atoms with van der Waals surface area (Å²) in [5, 5.41) is 29.7. The maximum Gasteiger partial charge on any atom is 0.219 e. The van der Waals surface area contributed by atoms with Crippen molar-refractivity contribution in [1.29, 1.82) is 0 Å². The van der Waals surface area contributed by atoms with E-state index in [0.717, 1.165) is 42.4 Å². The largest absolute Gasteiger partial charge is 0.353 e. The minimum absolute atomic E-state index is 0. The Balaban J connectivity index is 0.00000243. The molecule has 20 heteroatoms. The quantitative estimate of drug-likeness (QED) is 0.0942. The van der Waals surface area contributed by atoms with Crippen molar-refractivity contribution in [2.75, 3.05) is 39.3 Å². The number of carbonyl (C=O) groups excluding carboxylic acids is 2. The first-order chi connectivity index (χ1) is 23.7. The van der Waals surface area contributed by atoms with E-state index in [1.54, 1.807) is 12.4 Å². The van der Waals surface area contributed by atoms with Gasteiger partial charge in [0.1, 0.15) is 12.6 Å². The van der Waals surface area contributed by atoms with E-state index in [-0.39, 0.29) is 24.8 Å². The number of aldehydes is 2. The highest BCUT2D eigenvalue weighted by Gasteiger charge is 2.34. The average molecular weight is 722 g/mol. The number of benzene rings is 2. The third kappa shape index (κ3) is 7.71. The second-order valence-electron chi connectivity index (χ2n) is 10.9. The van der Waals surface area contributed by atoms with Gasteiger partial charge in [-0.15, -0.1) is 24.8 Å². The van der Waals surface area contributed by atoms with E-state index in [0.29, 0.717) is 78.4 Å². The lowest BCUT2D eigenvalue weighted by molar-refractivity contribution is -0.109. The number of hydrogen-bond donors (Lipinski definition) is 8. The maximum absolute atomic E-state index is 12.7. The smallest absolute Gasteiger partial charge is 0.219 e. The van der Waals surface area contributed by atoms with Crippen LogP contribution in [-0.2, 0) is 9.59 Å². The van der Waals surface area contributed by atoms with E-state index in [4.69, 9.17) is 0 Å². The molecule has 0 fully saturated rings. The number of halogens is 2. The van der Waals surface area contributed by atoms with E-state index in [9.17, 15) is 9.59 Å². The van der Waals surface area contributed by atoms with Crippen LogP contribution in [-0.4, -0.2) is 99.8 Å². The molecule has 50 heavy (non-hydrogen) atoms. The van der Waals surface area contributed by atoms with E-state index >= 15 is 0 Å². The monoisotopic (exact) mass is 720 g/mol. The summed E-state index contributed by atoms with van der Waals surface area (Å²) in [6.07, 6.45) is 5.00. The van der Waals surface area contributed by atoms with Gasteiger partial charge in [-0.3, -0.25) is 0 Å². The number of aliphatic imine (C=N–C) groups is 4. The molecule has 2 unspecified atom stereocenters. The predicted octanol–water partition coefficient (Wildman–Crippen LogP) is -1.00. The van der Waals surface area contributed by atoms with Gasteiger partial charge in [0.25, 0.3) is 0 Å². The molecule has 0 spiro atoms. The third-order valence-corrected chi connectivity index (χ3v) is 7.92. The fraction of sp³-hybridized carbons (Fsp3) is 0.267. The van der Waals surface area contributed by atoms with Crippen LogP contribution < -0.4 is 43.0 Å². The van der Waals surface area contributed by atoms with E-state index in [2.05, 4.69) is 83.3 Å². The van der Waals surface area contributed by atoms with Gasteiger partial charge in [-0.2, -0.15) is 30.4 Å². The molecule has 0 aromatic heterocycles. The third-order valence-electron chi connectivity index (χ3n) is 7.92. The van der Waals surface area contributed by atoms with Crippen molar-refractivity contribution < 1.29 is 9.59 Å². The molecule has 2 aromatic rings. The van der Waals surface area contributed by atoms with Crippen molar-refractivity contribution in [3.63, 3.8) is 0 Å². The second kappa shape index (κ2) is 16.5. The van der Waals surface area contributed by atoms with Crippen LogP contribution in [0.2, 0.25) is 0 Å². The van der Waals surface area contributed by atoms with Crippen molar-refractivity contribution in [3.8, 4) is 0 Å². The molecule has 7 rings (SSSR count). The number of nitrogens with one attached hydrogen (secondary N) is 8. The number of hydrazone groups is 4. The van der Waals surface area contributed by atoms with Crippen molar-refractivity contribution >= 4 is 85.3 Å². The highest BCUT2D eigenvalue weighted by atomic mass is 35.5. The number of guanidine groups is 4. The summed E-state index contributed by atoms with van der Waals surface area (Å²) < 4.78 is 0. The second-order valence-corrected chi connectivity index (χ2v) is 10.9. The minimum Gasteiger partial charge on any atom is -0.353 e. The highest BCUT2D eigenvalue weighted by Crippen LogP contribution is 2.43. The topological polar surface area (TPSA) is 229 Å². The van der Waals surface area contributed by atoms with E-state index in [1.165, 1.54) is 0 Å². The van der Waals surface area contributed by atoms with Gasteiger partial charge in [0.15, 0.2) is 11.7 Å². The minimum atomic E-state index is -0.625. The standard InChI is InChI=1S/C30H32N16O2.2ClH/c47-15-22-18-3-1-2-4-19(18)23(16-48)26-20(22)6-5-17(11-37-43-29-35-13-24(39-29)41-45-27-31-7-8-32-27)21(26)12-38-44-30-36-14-25(40-30)42-46-28-33-9-10-34-28;;/h1-6,11-12,15-16,22-23H,7-10,13-14H2,(H2,31,32,45)(H2,33,34,46)(H2,35,39,41,43)(H2,36,40,42,44);2*1H. The summed E-state index contributed by atoms with van der Waals surface area (Å²) >= 11 is 0. The van der Waals surface area contributed by atoms with Gasteiger partial charge in [0, 0.05) is 24.2 Å². The molecule has 260 valence electrons. The molecule has 0 bridgehead atoms. The molecule has 2 atom stereocenters. The van der Waals surface area contributed by atoms with E-state index in [1.807, 2.05) is 36.4 Å². The lowest BCUT2D eigenvalue weighted by atomic mass is 9.71. The predicted molar refractivity (Wildman–Crippen MR) is 197 cm³/mol. The summed E-state index contributed by atoms with van der Waals surface area (Å²) in [5.41, 5.74) is 15.8. The van der Waals surface area contributed by atoms with E-state index < -0.39 is 11.8 Å². The molecule has 4 aliphatic heterocycles. The molecule has 8 N–H and O–H groups in total. The van der Waals surface area contributed by atoms with Gasteiger partial charge in [-0.25, -0.2) is 31.7 Å². The van der Waals surface area contributed by atoms with Crippen LogP contribution >= 0.6 is 24.8 Å². The van der Waals surface area contributed by atoms with Gasteiger partial charge in [-0.05, 0) is 22.3 Å². The van der Waals surface area contributed by atoms with Crippen LogP contribution in [0.15, 0.2) is 76.8 Å². The Bertz CT molecular complexity index is 1870. The Kier molecular flexibility index (Phi) is 11.7. The first kappa shape index (κ1) is 35.4. The molecular formula is C30H34Cl2N16O2. The fourth-order valence-electron chi connectivity index (χ4n) is 5.73. The molecule has 0 radical (unpaired) electrons. The molecule has 5 aliphatic rings. The van der Waals surface area contributed by atoms with Crippen LogP contribution in [0.4, 0.5) is 0 Å². The Morgan fingerprint density at radius 2 is 1.20 bits per heavy atom. The number of fused-ring (bicyclic) bond motifs is 2. The van der Waals surface area contributed by atoms with Gasteiger partial charge in [0.2, 0.25) is 23.8 Å². The number of amidine groups is 2. The first-order valence-corrected chi connectivity index (χ1v) is 15.3. The Morgan fingerprint density at radius 1 is 0.640 bits per heavy atom. The summed E-state index contributed by atoms with van der Waals surface area (Å²) in [7, 11) is 0. The lowest BCUT2D eigenvalue weighted by Gasteiger charge is -2.31. The van der Waals surface area contributed by atoms with Crippen LogP contribution in [0.25, 0.3) is 0 Å². The van der Waals surface area contributed by atoms with Crippen LogP contribution in [0.3, 0.4) is 0 Å². The molecule has 4 heterocycles. The number of nitrogens with zero attached hydrogens (tertiary/aromatic N) is 8. The Hall–Kier alpha value is -5.88. The molecule has 0 saturated heterocycles. The zero-order valence-electron chi connectivity index (χ0n) is 26.4. The van der Waals surface area contributed by atoms with Crippen LogP contribution in [0.5, 0.6) is 0 Å². The van der Waals surface area contributed by atoms with Gasteiger partial charge >= 0.3 is 0 Å². The number of rotatable bonds is 8. The van der Waals surface area contributed by atoms with Crippen LogP contribution in [0, 0.1) is 0 Å². The van der Waals surface area contributed by atoms with Gasteiger partial charge in [-0.1, -0.05) is 36.4 Å². The molecular weight excluding hydrogens is 687 g/mol. The maximum atomic E-state index is 12.7. The molecule has 0 saturated carbocycles. The van der Waals surface area contributed by atoms with Crippen LogP contribution in [0.1, 0.15) is 45.2 Å². The van der Waals surface area contributed by atoms with Gasteiger partial charge in [0.05, 0.1) is 50.4 Å². The zero-order chi connectivity index (χ0) is 32.7. The number of hydrogen-bond acceptors (Lipinski definition) is 16. The Labute approximate surface area is 298 Å². The normalized spacial score (nSPS) is 21.6. The van der Waals surface area contributed by atoms with Crippen molar-refractivity contribution in [3.05, 3.63) is 69.8 Å². The summed E-state index contributed by atoms with van der Waals surface area (Å²) in [6, 6.07) is 11.2. The average Bonchev–Trinajstić information content (AvgIpc) is 3.95. The van der Waals surface area contributed by atoms with Crippen molar-refractivity contribution in [2.24, 2.45) is 40.4 Å². The highest BCUT2D eigenvalue weighted by molar-refractivity contribution is 6.05. The lowest BCUT2D eigenvalue weighted by Crippen LogP contribution is -2.32. The zero-order valence-corrected chi connectivity index (χ0v) is 28.0. The van der Waals surface area contributed by atoms with Gasteiger partial charge < -0.3 is 30.9 Å². The summed E-state index contributed by atoms with van der Waals surface area (Å²) in [6.45, 7) is 3.72. The first-order valence-electron chi connectivity index (χ1n) is 15.3. The SMILES string of the molecule is Cl.Cl.O=CC1c2ccccc2C(C=O)c2c1ccc(C=NNC1=NC(=NNC3=NCCN3)CN1)c2C=NNC1=NC(=NNC2=NCCN2)CN1. The Morgan fingerprint density at radius 3 is 1.74 bits per heavy atom. The molecule has 0 amide bonds. The summed E-state index contributed by atoms with van der Waals surface area (Å²) in [4.78, 5) is 42.4. The van der Waals surface area contributed by atoms with Crippen molar-refractivity contribution in [2.45, 2.75) is 11.8 Å². The molecule has 1 aliphatic carbocycles. The fourth-order valence-corrected chi connectivity index (χ4v) is 5.73.